The van der Waals surface area contributed by atoms with E-state index in [2.05, 4.69) is 45.8 Å². The van der Waals surface area contributed by atoms with Crippen LogP contribution in [0.4, 0.5) is 0 Å². The van der Waals surface area contributed by atoms with Crippen molar-refractivity contribution in [3.05, 3.63) is 52.9 Å². The summed E-state index contributed by atoms with van der Waals surface area (Å²) in [6.07, 6.45) is 5.92. The van der Waals surface area contributed by atoms with E-state index >= 15 is 0 Å². The molecule has 0 aliphatic carbocycles. The number of ether oxygens (including phenoxy) is 1. The van der Waals surface area contributed by atoms with Gasteiger partial charge in [-0.1, -0.05) is 13.0 Å². The lowest BCUT2D eigenvalue weighted by Gasteiger charge is -2.47. The molecule has 0 saturated carbocycles. The van der Waals surface area contributed by atoms with E-state index in [9.17, 15) is 0 Å². The van der Waals surface area contributed by atoms with Crippen molar-refractivity contribution in [2.24, 2.45) is 0 Å². The predicted molar refractivity (Wildman–Crippen MR) is 86.7 cm³/mol. The first kappa shape index (κ1) is 14.7. The molecule has 0 N–H and O–H groups in total. The molecule has 0 bridgehead atoms. The Morgan fingerprint density at radius 1 is 1.22 bits per heavy atom. The second-order valence-electron chi connectivity index (χ2n) is 6.65. The van der Waals surface area contributed by atoms with Gasteiger partial charge in [-0.25, -0.2) is 9.97 Å². The van der Waals surface area contributed by atoms with E-state index in [-0.39, 0.29) is 5.60 Å². The standard InChI is InChI=1S/C18H22N4O/c1-3-4-17-20-8-15-16(21-17)10-23-18(15)11-22(12-18)9-14-6-5-13(2)7-19-14/h5-8H,3-4,9-12H2,1-2H3. The molecular formula is C18H22N4O. The van der Waals surface area contributed by atoms with Crippen LogP contribution in [0, 0.1) is 6.92 Å². The average Bonchev–Trinajstić information content (AvgIpc) is 2.89. The minimum absolute atomic E-state index is 0.190. The molecule has 2 aliphatic rings. The van der Waals surface area contributed by atoms with Gasteiger partial charge in [-0.2, -0.15) is 0 Å². The van der Waals surface area contributed by atoms with E-state index in [1.54, 1.807) is 0 Å². The maximum absolute atomic E-state index is 6.10. The van der Waals surface area contributed by atoms with Gasteiger partial charge in [0.05, 0.1) is 18.0 Å². The summed E-state index contributed by atoms with van der Waals surface area (Å²) in [4.78, 5) is 16.0. The number of hydrogen-bond acceptors (Lipinski definition) is 5. The summed E-state index contributed by atoms with van der Waals surface area (Å²) in [5, 5.41) is 0. The molecular weight excluding hydrogens is 288 g/mol. The van der Waals surface area contributed by atoms with E-state index in [1.165, 1.54) is 11.1 Å². The van der Waals surface area contributed by atoms with Crippen molar-refractivity contribution >= 4 is 0 Å². The molecule has 1 spiro atoms. The Balaban J connectivity index is 1.44. The first-order valence-corrected chi connectivity index (χ1v) is 8.32. The summed E-state index contributed by atoms with van der Waals surface area (Å²) in [5.74, 6) is 0.937. The highest BCUT2D eigenvalue weighted by molar-refractivity contribution is 5.32. The van der Waals surface area contributed by atoms with Crippen molar-refractivity contribution in [2.75, 3.05) is 13.1 Å². The van der Waals surface area contributed by atoms with E-state index in [0.29, 0.717) is 6.61 Å². The highest BCUT2D eigenvalue weighted by Gasteiger charge is 2.50. The fourth-order valence-corrected chi connectivity index (χ4v) is 3.45. The second kappa shape index (κ2) is 5.65. The van der Waals surface area contributed by atoms with E-state index in [1.807, 2.05) is 12.4 Å². The van der Waals surface area contributed by atoms with Gasteiger partial charge in [0, 0.05) is 44.0 Å². The summed E-state index contributed by atoms with van der Waals surface area (Å²) in [6, 6.07) is 4.21. The predicted octanol–water partition coefficient (Wildman–Crippen LogP) is 2.37. The molecule has 5 nitrogen and oxygen atoms in total. The van der Waals surface area contributed by atoms with Gasteiger partial charge < -0.3 is 4.74 Å². The first-order valence-electron chi connectivity index (χ1n) is 8.32. The van der Waals surface area contributed by atoms with E-state index in [4.69, 9.17) is 4.74 Å². The zero-order valence-corrected chi connectivity index (χ0v) is 13.7. The zero-order chi connectivity index (χ0) is 15.9. The first-order chi connectivity index (χ1) is 11.2. The molecule has 2 aliphatic heterocycles. The van der Waals surface area contributed by atoms with Crippen molar-refractivity contribution in [3.63, 3.8) is 0 Å². The van der Waals surface area contributed by atoms with Crippen LogP contribution in [0.5, 0.6) is 0 Å². The molecule has 0 amide bonds. The average molecular weight is 310 g/mol. The van der Waals surface area contributed by atoms with Crippen LogP contribution in [0.15, 0.2) is 24.5 Å². The molecule has 0 aromatic carbocycles. The monoisotopic (exact) mass is 310 g/mol. The van der Waals surface area contributed by atoms with Gasteiger partial charge in [0.15, 0.2) is 0 Å². The Hall–Kier alpha value is -1.85. The second-order valence-corrected chi connectivity index (χ2v) is 6.65. The molecule has 0 atom stereocenters. The third-order valence-corrected chi connectivity index (χ3v) is 4.68. The van der Waals surface area contributed by atoms with Gasteiger partial charge in [-0.15, -0.1) is 0 Å². The molecule has 1 fully saturated rings. The normalized spacial score (nSPS) is 18.9. The Bertz CT molecular complexity index is 707. The van der Waals surface area contributed by atoms with Crippen LogP contribution in [0.3, 0.4) is 0 Å². The summed E-state index contributed by atoms with van der Waals surface area (Å²) in [6.45, 7) is 7.49. The van der Waals surface area contributed by atoms with Crippen LogP contribution in [0.1, 0.15) is 41.7 Å². The molecule has 2 aromatic heterocycles. The maximum atomic E-state index is 6.10. The van der Waals surface area contributed by atoms with Crippen LogP contribution >= 0.6 is 0 Å². The van der Waals surface area contributed by atoms with Crippen molar-refractivity contribution < 1.29 is 4.74 Å². The molecule has 23 heavy (non-hydrogen) atoms. The summed E-state index contributed by atoms with van der Waals surface area (Å²) >= 11 is 0. The van der Waals surface area contributed by atoms with Crippen molar-refractivity contribution in [1.82, 2.24) is 19.9 Å². The Labute approximate surface area is 136 Å². The van der Waals surface area contributed by atoms with Gasteiger partial charge in [-0.3, -0.25) is 9.88 Å². The Morgan fingerprint density at radius 2 is 2.09 bits per heavy atom. The molecule has 0 radical (unpaired) electrons. The molecule has 5 heteroatoms. The molecule has 1 saturated heterocycles. The Morgan fingerprint density at radius 3 is 2.83 bits per heavy atom. The quantitative estimate of drug-likeness (QED) is 0.868. The van der Waals surface area contributed by atoms with Crippen LogP contribution in [0.2, 0.25) is 0 Å². The number of hydrogen-bond donors (Lipinski definition) is 0. The van der Waals surface area contributed by atoms with Crippen molar-refractivity contribution in [3.8, 4) is 0 Å². The fraction of sp³-hybridized carbons (Fsp3) is 0.500. The van der Waals surface area contributed by atoms with Gasteiger partial charge in [-0.05, 0) is 25.0 Å². The van der Waals surface area contributed by atoms with Gasteiger partial charge >= 0.3 is 0 Å². The molecule has 0 unspecified atom stereocenters. The lowest BCUT2D eigenvalue weighted by Crippen LogP contribution is -2.58. The highest BCUT2D eigenvalue weighted by atomic mass is 16.5. The largest absolute Gasteiger partial charge is 0.361 e. The smallest absolute Gasteiger partial charge is 0.128 e. The number of pyridine rings is 1. The molecule has 2 aromatic rings. The lowest BCUT2D eigenvalue weighted by molar-refractivity contribution is -0.145. The lowest BCUT2D eigenvalue weighted by atomic mass is 9.87. The third kappa shape index (κ3) is 2.64. The highest BCUT2D eigenvalue weighted by Crippen LogP contribution is 2.42. The minimum Gasteiger partial charge on any atom is -0.361 e. The van der Waals surface area contributed by atoms with Gasteiger partial charge in [0.2, 0.25) is 0 Å². The van der Waals surface area contributed by atoms with E-state index < -0.39 is 0 Å². The number of rotatable bonds is 4. The number of nitrogens with zero attached hydrogens (tertiary/aromatic N) is 4. The SMILES string of the molecule is CCCc1ncc2c(n1)COC21CN(Cc2ccc(C)cn2)C1. The van der Waals surface area contributed by atoms with Crippen LogP contribution < -0.4 is 0 Å². The number of aryl methyl sites for hydroxylation is 2. The van der Waals surface area contributed by atoms with Gasteiger partial charge in [0.25, 0.3) is 0 Å². The van der Waals surface area contributed by atoms with Gasteiger partial charge in [0.1, 0.15) is 11.4 Å². The van der Waals surface area contributed by atoms with Crippen LogP contribution in [-0.2, 0) is 29.9 Å². The molecule has 4 heterocycles. The minimum atomic E-state index is -0.190. The summed E-state index contributed by atoms with van der Waals surface area (Å²) in [5.41, 5.74) is 4.38. The molecule has 4 rings (SSSR count). The van der Waals surface area contributed by atoms with E-state index in [0.717, 1.165) is 49.7 Å². The fourth-order valence-electron chi connectivity index (χ4n) is 3.45. The van der Waals surface area contributed by atoms with Crippen molar-refractivity contribution in [1.29, 1.82) is 0 Å². The topological polar surface area (TPSA) is 51.1 Å². The number of aromatic nitrogens is 3. The van der Waals surface area contributed by atoms with Crippen LogP contribution in [-0.4, -0.2) is 32.9 Å². The summed E-state index contributed by atoms with van der Waals surface area (Å²) < 4.78 is 6.10. The number of likely N-dealkylation sites (tertiary alicyclic amines) is 1. The van der Waals surface area contributed by atoms with Crippen LogP contribution in [0.25, 0.3) is 0 Å². The zero-order valence-electron chi connectivity index (χ0n) is 13.7. The third-order valence-electron chi connectivity index (χ3n) is 4.68. The number of fused-ring (bicyclic) bond motifs is 2. The van der Waals surface area contributed by atoms with Crippen molar-refractivity contribution in [2.45, 2.75) is 45.4 Å². The summed E-state index contributed by atoms with van der Waals surface area (Å²) in [7, 11) is 0. The maximum Gasteiger partial charge on any atom is 0.128 e. The molecule has 120 valence electrons. The Kier molecular flexibility index (Phi) is 3.62.